The largest absolute Gasteiger partial charge is 0.488 e. The van der Waals surface area contributed by atoms with Crippen LogP contribution in [-0.4, -0.2) is 56.0 Å². The van der Waals surface area contributed by atoms with Gasteiger partial charge in [0.2, 0.25) is 5.95 Å². The van der Waals surface area contributed by atoms with Crippen LogP contribution >= 0.6 is 0 Å². The van der Waals surface area contributed by atoms with Crippen LogP contribution < -0.4 is 15.4 Å². The van der Waals surface area contributed by atoms with Crippen molar-refractivity contribution >= 4 is 11.6 Å². The van der Waals surface area contributed by atoms with Crippen molar-refractivity contribution in [3.05, 3.63) is 30.2 Å². The normalized spacial score (nSPS) is 24.2. The van der Waals surface area contributed by atoms with E-state index in [1.807, 2.05) is 16.6 Å². The highest BCUT2D eigenvalue weighted by molar-refractivity contribution is 5.61. The summed E-state index contributed by atoms with van der Waals surface area (Å²) in [5, 5.41) is 11.0. The average molecular weight is 395 g/mol. The Hall–Kier alpha value is -2.81. The third-order valence-electron chi connectivity index (χ3n) is 5.64. The zero-order valence-electron chi connectivity index (χ0n) is 15.9. The zero-order valence-corrected chi connectivity index (χ0v) is 15.9. The lowest BCUT2D eigenvalue weighted by atomic mass is 10.2. The molecule has 3 aliphatic rings. The molecule has 6 rings (SSSR count). The fourth-order valence-corrected chi connectivity index (χ4v) is 3.71. The van der Waals surface area contributed by atoms with Crippen molar-refractivity contribution in [2.75, 3.05) is 18.4 Å². The molecule has 3 fully saturated rings. The quantitative estimate of drug-likeness (QED) is 0.662. The summed E-state index contributed by atoms with van der Waals surface area (Å²) in [6.07, 6.45) is 7.32. The Kier molecular flexibility index (Phi) is 3.90. The van der Waals surface area contributed by atoms with Crippen LogP contribution in [0.3, 0.4) is 0 Å². The summed E-state index contributed by atoms with van der Waals surface area (Å²) in [5.74, 6) is 1.74. The number of ether oxygens (including phenoxy) is 1. The molecule has 150 valence electrons. The molecule has 2 N–H and O–H groups in total. The zero-order chi connectivity index (χ0) is 19.4. The second kappa shape index (κ2) is 6.62. The Balaban J connectivity index is 1.35. The maximum Gasteiger partial charge on any atom is 0.223 e. The van der Waals surface area contributed by atoms with E-state index in [9.17, 15) is 4.39 Å². The number of imidazole rings is 1. The molecule has 0 amide bonds. The van der Waals surface area contributed by atoms with Gasteiger partial charge in [-0.25, -0.2) is 23.9 Å². The van der Waals surface area contributed by atoms with Gasteiger partial charge in [0.1, 0.15) is 23.3 Å². The molecule has 0 aromatic carbocycles. The molecule has 0 radical (unpaired) electrons. The predicted molar refractivity (Wildman–Crippen MR) is 105 cm³/mol. The van der Waals surface area contributed by atoms with Crippen LogP contribution in [0.15, 0.2) is 24.5 Å². The van der Waals surface area contributed by atoms with E-state index >= 15 is 0 Å². The predicted octanol–water partition coefficient (Wildman–Crippen LogP) is 2.33. The third-order valence-corrected chi connectivity index (χ3v) is 5.64. The minimum atomic E-state index is -0.953. The van der Waals surface area contributed by atoms with Gasteiger partial charge in [0.15, 0.2) is 5.65 Å². The van der Waals surface area contributed by atoms with Gasteiger partial charge in [-0.15, -0.1) is 0 Å². The summed E-state index contributed by atoms with van der Waals surface area (Å²) in [4.78, 5) is 13.4. The molecule has 4 heterocycles. The lowest BCUT2D eigenvalue weighted by molar-refractivity contribution is 0.297. The van der Waals surface area contributed by atoms with Gasteiger partial charge in [-0.2, -0.15) is 5.10 Å². The summed E-state index contributed by atoms with van der Waals surface area (Å²) >= 11 is 0. The van der Waals surface area contributed by atoms with Crippen LogP contribution in [0.1, 0.15) is 37.3 Å². The fraction of sp³-hybridized carbons (Fsp3) is 0.500. The van der Waals surface area contributed by atoms with E-state index in [2.05, 4.69) is 25.6 Å². The number of nitrogens with one attached hydrogen (secondary N) is 2. The summed E-state index contributed by atoms with van der Waals surface area (Å²) < 4.78 is 21.8. The second-order valence-electron chi connectivity index (χ2n) is 8.09. The third kappa shape index (κ3) is 3.29. The van der Waals surface area contributed by atoms with Gasteiger partial charge >= 0.3 is 0 Å². The summed E-state index contributed by atoms with van der Waals surface area (Å²) in [6.45, 7) is 0.907. The number of fused-ring (bicyclic) bond motifs is 1. The van der Waals surface area contributed by atoms with E-state index in [1.165, 1.54) is 0 Å². The van der Waals surface area contributed by atoms with Gasteiger partial charge in [-0.05, 0) is 31.7 Å². The number of alkyl halides is 1. The first kappa shape index (κ1) is 17.1. The van der Waals surface area contributed by atoms with Crippen molar-refractivity contribution in [3.8, 4) is 17.1 Å². The van der Waals surface area contributed by atoms with Crippen molar-refractivity contribution in [3.63, 3.8) is 0 Å². The number of rotatable bonds is 6. The SMILES string of the molecule is F[C@H]1CNCC1Nc1nccc(-c2cnc3cc(OC4CC4)c(C4CC4)nn23)n1. The molecule has 3 aromatic heterocycles. The van der Waals surface area contributed by atoms with Gasteiger partial charge in [0.05, 0.1) is 24.0 Å². The molecule has 2 atom stereocenters. The van der Waals surface area contributed by atoms with Crippen LogP contribution in [0.4, 0.5) is 10.3 Å². The maximum atomic E-state index is 13.9. The minimum Gasteiger partial charge on any atom is -0.488 e. The van der Waals surface area contributed by atoms with Crippen LogP contribution in [0.5, 0.6) is 5.75 Å². The fourth-order valence-electron chi connectivity index (χ4n) is 3.71. The number of nitrogens with zero attached hydrogens (tertiary/aromatic N) is 5. The topological polar surface area (TPSA) is 89.3 Å². The number of aromatic nitrogens is 5. The summed E-state index contributed by atoms with van der Waals surface area (Å²) in [5.41, 5.74) is 3.22. The highest BCUT2D eigenvalue weighted by Gasteiger charge is 2.33. The Bertz CT molecular complexity index is 1060. The van der Waals surface area contributed by atoms with E-state index in [0.717, 1.165) is 48.5 Å². The molecule has 0 bridgehead atoms. The van der Waals surface area contributed by atoms with Gasteiger partial charge < -0.3 is 15.4 Å². The monoisotopic (exact) mass is 395 g/mol. The highest BCUT2D eigenvalue weighted by atomic mass is 19.1. The van der Waals surface area contributed by atoms with E-state index in [1.54, 1.807) is 12.4 Å². The molecule has 29 heavy (non-hydrogen) atoms. The number of halogens is 1. The Morgan fingerprint density at radius 2 is 2.07 bits per heavy atom. The molecular weight excluding hydrogens is 373 g/mol. The lowest BCUT2D eigenvalue weighted by Crippen LogP contribution is -2.30. The highest BCUT2D eigenvalue weighted by Crippen LogP contribution is 2.44. The first-order valence-electron chi connectivity index (χ1n) is 10.2. The molecule has 1 unspecified atom stereocenters. The Morgan fingerprint density at radius 1 is 1.17 bits per heavy atom. The molecule has 2 aliphatic carbocycles. The summed E-state index contributed by atoms with van der Waals surface area (Å²) in [6, 6.07) is 3.48. The van der Waals surface area contributed by atoms with E-state index in [4.69, 9.17) is 9.84 Å². The van der Waals surface area contributed by atoms with Crippen molar-refractivity contribution in [2.24, 2.45) is 0 Å². The Labute approximate surface area is 166 Å². The molecular formula is C20H22FN7O. The number of hydrogen-bond acceptors (Lipinski definition) is 7. The smallest absolute Gasteiger partial charge is 0.223 e. The second-order valence-corrected chi connectivity index (χ2v) is 8.09. The molecule has 9 heteroatoms. The molecule has 3 aromatic rings. The standard InChI is InChI=1S/C20H22FN7O/c21-13-8-22-9-15(13)26-20-23-6-5-14(25-20)16-10-24-18-7-17(29-12-3-4-12)19(11-1-2-11)27-28(16)18/h5-7,10-13,15,22H,1-4,8-9H2,(H,23,25,26)/t13-,15?/m0/s1. The Morgan fingerprint density at radius 3 is 2.83 bits per heavy atom. The van der Waals surface area contributed by atoms with Crippen molar-refractivity contribution in [2.45, 2.75) is 49.9 Å². The number of hydrogen-bond donors (Lipinski definition) is 2. The molecule has 8 nitrogen and oxygen atoms in total. The van der Waals surface area contributed by atoms with Gasteiger partial charge in [0.25, 0.3) is 0 Å². The van der Waals surface area contributed by atoms with Crippen LogP contribution in [0.25, 0.3) is 17.0 Å². The van der Waals surface area contributed by atoms with E-state index in [0.29, 0.717) is 36.8 Å². The van der Waals surface area contributed by atoms with Gasteiger partial charge in [-0.3, -0.25) is 0 Å². The lowest BCUT2D eigenvalue weighted by Gasteiger charge is -2.14. The maximum absolute atomic E-state index is 13.9. The van der Waals surface area contributed by atoms with Gasteiger partial charge in [-0.1, -0.05) is 0 Å². The van der Waals surface area contributed by atoms with Crippen molar-refractivity contribution in [1.29, 1.82) is 0 Å². The molecule has 1 aliphatic heterocycles. The molecule has 2 saturated carbocycles. The number of anilines is 1. The first-order valence-corrected chi connectivity index (χ1v) is 10.2. The van der Waals surface area contributed by atoms with Crippen LogP contribution in [-0.2, 0) is 0 Å². The first-order chi connectivity index (χ1) is 14.2. The van der Waals surface area contributed by atoms with Crippen molar-refractivity contribution in [1.82, 2.24) is 29.9 Å². The molecule has 1 saturated heterocycles. The van der Waals surface area contributed by atoms with E-state index < -0.39 is 6.17 Å². The summed E-state index contributed by atoms with van der Waals surface area (Å²) in [7, 11) is 0. The minimum absolute atomic E-state index is 0.325. The van der Waals surface area contributed by atoms with Crippen LogP contribution in [0, 0.1) is 0 Å². The molecule has 0 spiro atoms. The van der Waals surface area contributed by atoms with Crippen molar-refractivity contribution < 1.29 is 9.13 Å². The van der Waals surface area contributed by atoms with E-state index in [-0.39, 0.29) is 6.04 Å². The van der Waals surface area contributed by atoms with Crippen LogP contribution in [0.2, 0.25) is 0 Å². The average Bonchev–Trinajstić information content (AvgIpc) is 3.65. The van der Waals surface area contributed by atoms with Gasteiger partial charge in [0, 0.05) is 31.3 Å².